The van der Waals surface area contributed by atoms with E-state index in [0.717, 1.165) is 12.1 Å². The van der Waals surface area contributed by atoms with E-state index >= 15 is 0 Å². The third-order valence-electron chi connectivity index (χ3n) is 2.34. The van der Waals surface area contributed by atoms with Gasteiger partial charge in [-0.1, -0.05) is 19.8 Å². The van der Waals surface area contributed by atoms with Gasteiger partial charge in [0.2, 0.25) is 0 Å². The van der Waals surface area contributed by atoms with Crippen LogP contribution in [0.1, 0.15) is 33.1 Å². The highest BCUT2D eigenvalue weighted by molar-refractivity contribution is 5.44. The van der Waals surface area contributed by atoms with Gasteiger partial charge in [-0.3, -0.25) is 0 Å². The lowest BCUT2D eigenvalue weighted by molar-refractivity contribution is -0.389. The van der Waals surface area contributed by atoms with Crippen LogP contribution in [0.2, 0.25) is 0 Å². The number of pyridine rings is 1. The largest absolute Gasteiger partial charge is 0.380 e. The summed E-state index contributed by atoms with van der Waals surface area (Å²) in [6, 6.07) is 3.46. The monoisotopic (exact) mass is 223 g/mol. The predicted molar refractivity (Wildman–Crippen MR) is 63.5 cm³/mol. The number of nitro groups is 1. The summed E-state index contributed by atoms with van der Waals surface area (Å²) in [6.07, 6.45) is 4.94. The van der Waals surface area contributed by atoms with E-state index < -0.39 is 4.92 Å². The molecular formula is C11H17N3O2. The predicted octanol–water partition coefficient (Wildman–Crippen LogP) is 2.98. The number of nitrogens with one attached hydrogen (secondary N) is 1. The number of anilines is 1. The maximum atomic E-state index is 10.4. The van der Waals surface area contributed by atoms with Gasteiger partial charge in [0.25, 0.3) is 0 Å². The van der Waals surface area contributed by atoms with Gasteiger partial charge in [-0.2, -0.15) is 0 Å². The van der Waals surface area contributed by atoms with Crippen LogP contribution < -0.4 is 5.32 Å². The van der Waals surface area contributed by atoms with Crippen LogP contribution in [0.4, 0.5) is 11.5 Å². The Morgan fingerprint density at radius 2 is 2.31 bits per heavy atom. The van der Waals surface area contributed by atoms with Gasteiger partial charge in [0.15, 0.2) is 6.20 Å². The fraction of sp³-hybridized carbons (Fsp3) is 0.545. The minimum atomic E-state index is -0.496. The first-order chi connectivity index (χ1) is 7.63. The van der Waals surface area contributed by atoms with Crippen LogP contribution in [0, 0.1) is 10.1 Å². The molecule has 16 heavy (non-hydrogen) atoms. The standard InChI is InChI=1S/C11H17N3O2/c1-3-4-5-9(2)13-10-6-7-11(12-8-10)14(15)16/h6-9,13H,3-5H2,1-2H3. The minimum absolute atomic E-state index is 0.119. The Hall–Kier alpha value is -1.65. The van der Waals surface area contributed by atoms with Gasteiger partial charge in [-0.05, 0) is 29.3 Å². The number of hydrogen-bond donors (Lipinski definition) is 1. The molecule has 0 saturated heterocycles. The maximum Gasteiger partial charge on any atom is 0.363 e. The molecule has 0 saturated carbocycles. The summed E-state index contributed by atoms with van der Waals surface area (Å²) in [4.78, 5) is 13.7. The zero-order valence-corrected chi connectivity index (χ0v) is 9.64. The Morgan fingerprint density at radius 1 is 1.56 bits per heavy atom. The summed E-state index contributed by atoms with van der Waals surface area (Å²) >= 11 is 0. The van der Waals surface area contributed by atoms with Crippen LogP contribution in [-0.2, 0) is 0 Å². The minimum Gasteiger partial charge on any atom is -0.380 e. The van der Waals surface area contributed by atoms with Gasteiger partial charge in [-0.15, -0.1) is 0 Å². The number of rotatable bonds is 6. The first-order valence-corrected chi connectivity index (χ1v) is 5.50. The van der Waals surface area contributed by atoms with Crippen molar-refractivity contribution >= 4 is 11.5 Å². The molecule has 5 nitrogen and oxygen atoms in total. The Labute approximate surface area is 95.0 Å². The molecule has 0 fully saturated rings. The van der Waals surface area contributed by atoms with Crippen LogP contribution in [0.5, 0.6) is 0 Å². The lowest BCUT2D eigenvalue weighted by atomic mass is 10.1. The van der Waals surface area contributed by atoms with Crippen LogP contribution >= 0.6 is 0 Å². The van der Waals surface area contributed by atoms with Gasteiger partial charge in [0, 0.05) is 12.1 Å². The zero-order chi connectivity index (χ0) is 12.0. The second-order valence-corrected chi connectivity index (χ2v) is 3.85. The second kappa shape index (κ2) is 6.05. The van der Waals surface area contributed by atoms with Gasteiger partial charge in [0.1, 0.15) is 0 Å². The van der Waals surface area contributed by atoms with E-state index in [1.54, 1.807) is 6.07 Å². The van der Waals surface area contributed by atoms with E-state index in [0.29, 0.717) is 6.04 Å². The molecule has 0 aromatic carbocycles. The topological polar surface area (TPSA) is 68.1 Å². The van der Waals surface area contributed by atoms with Gasteiger partial charge >= 0.3 is 5.82 Å². The molecule has 0 aliphatic carbocycles. The van der Waals surface area contributed by atoms with E-state index in [4.69, 9.17) is 0 Å². The van der Waals surface area contributed by atoms with E-state index in [-0.39, 0.29) is 5.82 Å². The molecule has 1 heterocycles. The molecule has 0 bridgehead atoms. The maximum absolute atomic E-state index is 10.4. The summed E-state index contributed by atoms with van der Waals surface area (Å²) in [5.41, 5.74) is 0.828. The quantitative estimate of drug-likeness (QED) is 0.594. The third kappa shape index (κ3) is 3.84. The molecule has 0 aliphatic heterocycles. The Bertz CT molecular complexity index is 338. The first kappa shape index (κ1) is 12.4. The lowest BCUT2D eigenvalue weighted by Crippen LogP contribution is -2.14. The fourth-order valence-corrected chi connectivity index (χ4v) is 1.45. The highest BCUT2D eigenvalue weighted by atomic mass is 16.6. The molecule has 0 radical (unpaired) electrons. The summed E-state index contributed by atoms with van der Waals surface area (Å²) in [6.45, 7) is 4.25. The molecule has 1 rings (SSSR count). The van der Waals surface area contributed by atoms with Gasteiger partial charge in [0.05, 0.1) is 5.69 Å². The van der Waals surface area contributed by atoms with E-state index in [2.05, 4.69) is 24.1 Å². The van der Waals surface area contributed by atoms with E-state index in [1.807, 2.05) is 0 Å². The molecule has 88 valence electrons. The molecule has 1 aromatic heterocycles. The SMILES string of the molecule is CCCCC(C)Nc1ccc([N+](=O)[O-])nc1. The molecule has 0 aliphatic rings. The molecule has 1 aromatic rings. The van der Waals surface area contributed by atoms with Crippen molar-refractivity contribution in [3.05, 3.63) is 28.4 Å². The van der Waals surface area contributed by atoms with Gasteiger partial charge < -0.3 is 15.4 Å². The molecular weight excluding hydrogens is 206 g/mol. The van der Waals surface area contributed by atoms with Crippen LogP contribution in [0.3, 0.4) is 0 Å². The van der Waals surface area contributed by atoms with Crippen molar-refractivity contribution in [1.82, 2.24) is 4.98 Å². The van der Waals surface area contributed by atoms with Crippen LogP contribution in [0.25, 0.3) is 0 Å². The molecule has 1 unspecified atom stereocenters. The van der Waals surface area contributed by atoms with Crippen molar-refractivity contribution in [3.63, 3.8) is 0 Å². The van der Waals surface area contributed by atoms with Crippen molar-refractivity contribution < 1.29 is 4.92 Å². The van der Waals surface area contributed by atoms with E-state index in [1.165, 1.54) is 25.1 Å². The van der Waals surface area contributed by atoms with Gasteiger partial charge in [-0.25, -0.2) is 0 Å². The third-order valence-corrected chi connectivity index (χ3v) is 2.34. The molecule has 1 N–H and O–H groups in total. The number of aromatic nitrogens is 1. The molecule has 0 amide bonds. The second-order valence-electron chi connectivity index (χ2n) is 3.85. The number of hydrogen-bond acceptors (Lipinski definition) is 4. The Kier molecular flexibility index (Phi) is 4.69. The zero-order valence-electron chi connectivity index (χ0n) is 9.64. The molecule has 1 atom stereocenters. The first-order valence-electron chi connectivity index (χ1n) is 5.50. The molecule has 5 heteroatoms. The van der Waals surface area contributed by atoms with Crippen molar-refractivity contribution in [2.24, 2.45) is 0 Å². The number of nitrogens with zero attached hydrogens (tertiary/aromatic N) is 2. The van der Waals surface area contributed by atoms with Crippen molar-refractivity contribution in [1.29, 1.82) is 0 Å². The highest BCUT2D eigenvalue weighted by Gasteiger charge is 2.07. The Balaban J connectivity index is 2.51. The lowest BCUT2D eigenvalue weighted by Gasteiger charge is -2.13. The number of unbranched alkanes of at least 4 members (excludes halogenated alkanes) is 1. The summed E-state index contributed by atoms with van der Waals surface area (Å²) in [5.74, 6) is -0.119. The van der Waals surface area contributed by atoms with Crippen molar-refractivity contribution in [3.8, 4) is 0 Å². The average molecular weight is 223 g/mol. The summed E-state index contributed by atoms with van der Waals surface area (Å²) < 4.78 is 0. The smallest absolute Gasteiger partial charge is 0.363 e. The molecule has 0 spiro atoms. The fourth-order valence-electron chi connectivity index (χ4n) is 1.45. The Morgan fingerprint density at radius 3 is 2.81 bits per heavy atom. The van der Waals surface area contributed by atoms with Crippen LogP contribution in [-0.4, -0.2) is 15.9 Å². The highest BCUT2D eigenvalue weighted by Crippen LogP contribution is 2.13. The normalized spacial score (nSPS) is 12.1. The average Bonchev–Trinajstić information content (AvgIpc) is 2.27. The summed E-state index contributed by atoms with van der Waals surface area (Å²) in [7, 11) is 0. The van der Waals surface area contributed by atoms with Crippen molar-refractivity contribution in [2.75, 3.05) is 5.32 Å². The van der Waals surface area contributed by atoms with Crippen molar-refractivity contribution in [2.45, 2.75) is 39.2 Å². The summed E-state index contributed by atoms with van der Waals surface area (Å²) in [5, 5.41) is 13.7. The van der Waals surface area contributed by atoms with Crippen LogP contribution in [0.15, 0.2) is 18.3 Å². The van der Waals surface area contributed by atoms with E-state index in [9.17, 15) is 10.1 Å².